The van der Waals surface area contributed by atoms with Crippen LogP contribution in [0.2, 0.25) is 0 Å². The molecule has 0 amide bonds. The summed E-state index contributed by atoms with van der Waals surface area (Å²) in [6.07, 6.45) is 3.37. The summed E-state index contributed by atoms with van der Waals surface area (Å²) < 4.78 is 0. The van der Waals surface area contributed by atoms with Gasteiger partial charge in [0.1, 0.15) is 6.33 Å². The Morgan fingerprint density at radius 3 is 2.79 bits per heavy atom. The van der Waals surface area contributed by atoms with Crippen molar-refractivity contribution in [3.05, 3.63) is 18.6 Å². The molecular weight excluding hydrogens is 194 g/mol. The monoisotopic (exact) mass is 211 g/mol. The van der Waals surface area contributed by atoms with E-state index in [1.807, 2.05) is 13.1 Å². The van der Waals surface area contributed by atoms with Crippen LogP contribution in [0.25, 0.3) is 0 Å². The van der Waals surface area contributed by atoms with Crippen molar-refractivity contribution < 1.29 is 0 Å². The molecule has 1 N–H and O–H groups in total. The lowest BCUT2D eigenvalue weighted by Crippen LogP contribution is -2.32. The molecule has 3 nitrogen and oxygen atoms in total. The SMILES string of the molecule is CNC(CSc1ccncn1)C(C)C. The molecule has 0 fully saturated rings. The van der Waals surface area contributed by atoms with Crippen LogP contribution >= 0.6 is 11.8 Å². The highest BCUT2D eigenvalue weighted by atomic mass is 32.2. The summed E-state index contributed by atoms with van der Waals surface area (Å²) in [7, 11) is 2.01. The Hall–Kier alpha value is -0.610. The molecule has 0 bridgehead atoms. The largest absolute Gasteiger partial charge is 0.316 e. The summed E-state index contributed by atoms with van der Waals surface area (Å²) in [4.78, 5) is 8.06. The summed E-state index contributed by atoms with van der Waals surface area (Å²) in [5, 5.41) is 4.35. The molecule has 1 unspecified atom stereocenters. The Morgan fingerprint density at radius 1 is 1.50 bits per heavy atom. The van der Waals surface area contributed by atoms with Crippen LogP contribution in [0.5, 0.6) is 0 Å². The lowest BCUT2D eigenvalue weighted by atomic mass is 10.1. The number of hydrogen-bond acceptors (Lipinski definition) is 4. The van der Waals surface area contributed by atoms with Gasteiger partial charge in [-0.05, 0) is 19.0 Å². The Morgan fingerprint density at radius 2 is 2.29 bits per heavy atom. The van der Waals surface area contributed by atoms with Gasteiger partial charge in [-0.25, -0.2) is 9.97 Å². The molecule has 1 aromatic heterocycles. The van der Waals surface area contributed by atoms with E-state index in [1.54, 1.807) is 24.3 Å². The Labute approximate surface area is 89.7 Å². The van der Waals surface area contributed by atoms with Gasteiger partial charge in [0, 0.05) is 18.0 Å². The zero-order valence-corrected chi connectivity index (χ0v) is 9.71. The van der Waals surface area contributed by atoms with Crippen molar-refractivity contribution in [3.8, 4) is 0 Å². The van der Waals surface area contributed by atoms with Gasteiger partial charge in [0.05, 0.1) is 5.03 Å². The fraction of sp³-hybridized carbons (Fsp3) is 0.600. The maximum atomic E-state index is 4.17. The normalized spacial score (nSPS) is 13.1. The van der Waals surface area contributed by atoms with Gasteiger partial charge in [-0.1, -0.05) is 13.8 Å². The summed E-state index contributed by atoms with van der Waals surface area (Å²) in [6.45, 7) is 4.45. The summed E-state index contributed by atoms with van der Waals surface area (Å²) in [6, 6.07) is 2.48. The van der Waals surface area contributed by atoms with Gasteiger partial charge >= 0.3 is 0 Å². The van der Waals surface area contributed by atoms with Crippen LogP contribution in [0.1, 0.15) is 13.8 Å². The van der Waals surface area contributed by atoms with Crippen LogP contribution < -0.4 is 5.32 Å². The average molecular weight is 211 g/mol. The topological polar surface area (TPSA) is 37.8 Å². The molecular formula is C10H17N3S. The van der Waals surface area contributed by atoms with E-state index in [-0.39, 0.29) is 0 Å². The molecule has 0 aliphatic heterocycles. The molecule has 1 rings (SSSR count). The van der Waals surface area contributed by atoms with Crippen molar-refractivity contribution in [1.82, 2.24) is 15.3 Å². The molecule has 0 saturated heterocycles. The third-order valence-electron chi connectivity index (χ3n) is 2.14. The first-order valence-corrected chi connectivity index (χ1v) is 5.78. The van der Waals surface area contributed by atoms with Gasteiger partial charge in [-0.15, -0.1) is 11.8 Å². The van der Waals surface area contributed by atoms with E-state index < -0.39 is 0 Å². The van der Waals surface area contributed by atoms with Crippen LogP contribution in [0.3, 0.4) is 0 Å². The van der Waals surface area contributed by atoms with Gasteiger partial charge in [-0.2, -0.15) is 0 Å². The molecule has 1 aromatic rings. The fourth-order valence-corrected chi connectivity index (χ4v) is 2.33. The third-order valence-corrected chi connectivity index (χ3v) is 3.20. The number of nitrogens with one attached hydrogen (secondary N) is 1. The molecule has 14 heavy (non-hydrogen) atoms. The quantitative estimate of drug-likeness (QED) is 0.595. The molecule has 0 aromatic carbocycles. The number of hydrogen-bond donors (Lipinski definition) is 1. The molecule has 1 heterocycles. The highest BCUT2D eigenvalue weighted by Crippen LogP contribution is 2.17. The number of aromatic nitrogens is 2. The van der Waals surface area contributed by atoms with Crippen molar-refractivity contribution in [1.29, 1.82) is 0 Å². The minimum absolute atomic E-state index is 0.537. The highest BCUT2D eigenvalue weighted by molar-refractivity contribution is 7.99. The maximum absolute atomic E-state index is 4.17. The van der Waals surface area contributed by atoms with Crippen LogP contribution in [-0.4, -0.2) is 28.8 Å². The predicted octanol–water partition coefficient (Wildman–Crippen LogP) is 1.81. The molecule has 78 valence electrons. The molecule has 4 heteroatoms. The zero-order valence-electron chi connectivity index (χ0n) is 8.90. The van der Waals surface area contributed by atoms with E-state index in [0.717, 1.165) is 10.8 Å². The first kappa shape index (κ1) is 11.5. The van der Waals surface area contributed by atoms with Crippen molar-refractivity contribution in [3.63, 3.8) is 0 Å². The van der Waals surface area contributed by atoms with E-state index >= 15 is 0 Å². The number of thioether (sulfide) groups is 1. The van der Waals surface area contributed by atoms with Crippen molar-refractivity contribution in [2.75, 3.05) is 12.8 Å². The molecule has 0 aliphatic carbocycles. The fourth-order valence-electron chi connectivity index (χ4n) is 1.15. The third kappa shape index (κ3) is 3.64. The van der Waals surface area contributed by atoms with E-state index in [2.05, 4.69) is 29.1 Å². The molecule has 0 radical (unpaired) electrons. The second-order valence-electron chi connectivity index (χ2n) is 3.50. The molecule has 0 saturated carbocycles. The van der Waals surface area contributed by atoms with E-state index in [4.69, 9.17) is 0 Å². The first-order chi connectivity index (χ1) is 6.74. The van der Waals surface area contributed by atoms with E-state index in [0.29, 0.717) is 12.0 Å². The zero-order chi connectivity index (χ0) is 10.4. The molecule has 1 atom stereocenters. The highest BCUT2D eigenvalue weighted by Gasteiger charge is 2.10. The van der Waals surface area contributed by atoms with Gasteiger partial charge in [0.25, 0.3) is 0 Å². The van der Waals surface area contributed by atoms with Gasteiger partial charge in [-0.3, -0.25) is 0 Å². The van der Waals surface area contributed by atoms with Crippen molar-refractivity contribution in [2.24, 2.45) is 5.92 Å². The number of nitrogens with zero attached hydrogens (tertiary/aromatic N) is 2. The lowest BCUT2D eigenvalue weighted by molar-refractivity contribution is 0.465. The average Bonchev–Trinajstić information content (AvgIpc) is 2.20. The van der Waals surface area contributed by atoms with Gasteiger partial charge < -0.3 is 5.32 Å². The minimum Gasteiger partial charge on any atom is -0.316 e. The van der Waals surface area contributed by atoms with Crippen LogP contribution in [0, 0.1) is 5.92 Å². The minimum atomic E-state index is 0.537. The molecule has 0 spiro atoms. The molecule has 0 aliphatic rings. The Balaban J connectivity index is 2.40. The maximum Gasteiger partial charge on any atom is 0.116 e. The Bertz CT molecular complexity index is 251. The summed E-state index contributed by atoms with van der Waals surface area (Å²) in [5.74, 6) is 1.69. The Kier molecular flexibility index (Phi) is 4.90. The first-order valence-electron chi connectivity index (χ1n) is 4.80. The predicted molar refractivity (Wildman–Crippen MR) is 60.4 cm³/mol. The van der Waals surface area contributed by atoms with Crippen LogP contribution in [0.4, 0.5) is 0 Å². The van der Waals surface area contributed by atoms with E-state index in [1.165, 1.54) is 0 Å². The smallest absolute Gasteiger partial charge is 0.116 e. The van der Waals surface area contributed by atoms with Crippen LogP contribution in [0.15, 0.2) is 23.6 Å². The van der Waals surface area contributed by atoms with Crippen LogP contribution in [-0.2, 0) is 0 Å². The van der Waals surface area contributed by atoms with E-state index in [9.17, 15) is 0 Å². The summed E-state index contributed by atoms with van der Waals surface area (Å²) >= 11 is 1.77. The number of rotatable bonds is 5. The van der Waals surface area contributed by atoms with Gasteiger partial charge in [0.15, 0.2) is 0 Å². The van der Waals surface area contributed by atoms with Crippen molar-refractivity contribution >= 4 is 11.8 Å². The standard InChI is InChI=1S/C10H17N3S/c1-8(2)9(11-3)6-14-10-4-5-12-7-13-10/h4-5,7-9,11H,6H2,1-3H3. The summed E-state index contributed by atoms with van der Waals surface area (Å²) in [5.41, 5.74) is 0. The lowest BCUT2D eigenvalue weighted by Gasteiger charge is -2.19. The second-order valence-corrected chi connectivity index (χ2v) is 4.54. The second kappa shape index (κ2) is 5.98. The van der Waals surface area contributed by atoms with Gasteiger partial charge in [0.2, 0.25) is 0 Å². The van der Waals surface area contributed by atoms with Crippen molar-refractivity contribution in [2.45, 2.75) is 24.9 Å².